The van der Waals surface area contributed by atoms with Gasteiger partial charge < -0.3 is 77.2 Å². The van der Waals surface area contributed by atoms with Crippen molar-refractivity contribution in [2.75, 3.05) is 13.2 Å². The van der Waals surface area contributed by atoms with Crippen LogP contribution in [0.25, 0.3) is 0 Å². The highest BCUT2D eigenvalue weighted by atomic mass is 16.7. The summed E-state index contributed by atoms with van der Waals surface area (Å²) in [6.07, 6.45) is -14.3. The number of nitrogens with one attached hydrogen (secondary N) is 1. The average molecular weight is 583 g/mol. The average Bonchev–Trinajstić information content (AvgIpc) is 2.92. The largest absolute Gasteiger partial charge is 0.394 e. The number of hydrogen-bond acceptors (Lipinski definition) is 15. The first-order valence-corrected chi connectivity index (χ1v) is 13.8. The molecule has 40 heavy (non-hydrogen) atoms. The number of aliphatic hydroxyl groups is 7. The van der Waals surface area contributed by atoms with Gasteiger partial charge in [-0.15, -0.1) is 0 Å². The van der Waals surface area contributed by atoms with E-state index in [0.29, 0.717) is 6.42 Å². The van der Waals surface area contributed by atoms with Crippen molar-refractivity contribution in [3.63, 3.8) is 0 Å². The molecule has 1 aliphatic carbocycles. The van der Waals surface area contributed by atoms with Gasteiger partial charge in [0.2, 0.25) is 5.91 Å². The highest BCUT2D eigenvalue weighted by molar-refractivity contribution is 5.75. The Labute approximate surface area is 232 Å². The molecule has 1 saturated carbocycles. The van der Waals surface area contributed by atoms with E-state index < -0.39 is 98.4 Å². The van der Waals surface area contributed by atoms with Crippen LogP contribution < -0.4 is 22.5 Å². The summed E-state index contributed by atoms with van der Waals surface area (Å²) in [5.74, 6) is -0.260. The van der Waals surface area contributed by atoms with Gasteiger partial charge in [0.15, 0.2) is 12.6 Å². The molecule has 3 fully saturated rings. The predicted octanol–water partition coefficient (Wildman–Crippen LogP) is -5.55. The number of amides is 1. The first-order chi connectivity index (χ1) is 18.9. The molecule has 3 rings (SSSR count). The molecule has 2 aliphatic heterocycles. The van der Waals surface area contributed by atoms with Crippen LogP contribution in [0.3, 0.4) is 0 Å². The second-order valence-corrected chi connectivity index (χ2v) is 10.8. The number of rotatable bonds is 11. The molecule has 16 heteroatoms. The third kappa shape index (κ3) is 7.64. The van der Waals surface area contributed by atoms with E-state index in [-0.39, 0.29) is 25.3 Å². The SMILES string of the molecule is CCCCCC(=O)NCC1O[C@H](OC2C(N)CC(N)[C@@H](OC3O[C@H](CO)C(O)[C@@H](N)[C@H]3O)[C@H]2O)C(O)[C@@H](O)[C@@H]1O. The molecule has 7 unspecified atom stereocenters. The Bertz CT molecular complexity index is 799. The monoisotopic (exact) mass is 582 g/mol. The van der Waals surface area contributed by atoms with Crippen molar-refractivity contribution in [2.24, 2.45) is 17.2 Å². The Hall–Kier alpha value is -1.09. The number of nitrogens with two attached hydrogens (primary N) is 3. The van der Waals surface area contributed by atoms with Crippen molar-refractivity contribution >= 4 is 5.91 Å². The maximum atomic E-state index is 12.1. The van der Waals surface area contributed by atoms with Crippen molar-refractivity contribution in [1.29, 1.82) is 0 Å². The summed E-state index contributed by atoms with van der Waals surface area (Å²) in [4.78, 5) is 12.1. The van der Waals surface area contributed by atoms with Crippen LogP contribution in [-0.4, -0.2) is 147 Å². The van der Waals surface area contributed by atoms with E-state index in [4.69, 9.17) is 36.1 Å². The van der Waals surface area contributed by atoms with Crippen molar-refractivity contribution in [3.05, 3.63) is 0 Å². The first kappa shape index (κ1) is 33.4. The molecule has 0 aromatic carbocycles. The number of ether oxygens (including phenoxy) is 4. The molecule has 0 aromatic rings. The van der Waals surface area contributed by atoms with E-state index in [9.17, 15) is 40.5 Å². The number of carbonyl (C=O) groups is 1. The summed E-state index contributed by atoms with van der Waals surface area (Å²) in [5, 5.41) is 75.1. The fourth-order valence-electron chi connectivity index (χ4n) is 5.21. The zero-order valence-corrected chi connectivity index (χ0v) is 22.5. The Morgan fingerprint density at radius 2 is 1.38 bits per heavy atom. The highest BCUT2D eigenvalue weighted by Crippen LogP contribution is 2.31. The Kier molecular flexibility index (Phi) is 12.4. The standard InChI is InChI=1S/C24H46N4O12/c1-2-3-4-5-13(30)28-7-11-16(32)18(34)19(35)24(37-11)40-22-10(26)6-9(25)21(20(22)36)39-23-17(33)14(27)15(31)12(8-29)38-23/h9-12,14-24,29,31-36H,2-8,25-27H2,1H3,(H,28,30)/t9?,10?,11?,12-,14-,15?,16-,17-,18+,19?,20-,21-,22?,23?,24-/m1/s1. The molecular weight excluding hydrogens is 536 g/mol. The molecule has 0 radical (unpaired) electrons. The lowest BCUT2D eigenvalue weighted by Gasteiger charge is -2.48. The Morgan fingerprint density at radius 1 is 0.800 bits per heavy atom. The van der Waals surface area contributed by atoms with E-state index in [0.717, 1.165) is 12.8 Å². The van der Waals surface area contributed by atoms with Gasteiger partial charge in [0.1, 0.15) is 61.0 Å². The van der Waals surface area contributed by atoms with Crippen molar-refractivity contribution in [1.82, 2.24) is 5.32 Å². The van der Waals surface area contributed by atoms with Crippen LogP contribution in [0.15, 0.2) is 0 Å². The summed E-state index contributed by atoms with van der Waals surface area (Å²) in [6.45, 7) is 1.23. The quantitative estimate of drug-likeness (QED) is 0.101. The topological polar surface area (TPSA) is 286 Å². The Balaban J connectivity index is 1.66. The van der Waals surface area contributed by atoms with Crippen molar-refractivity contribution < 1.29 is 59.5 Å². The molecule has 0 aromatic heterocycles. The molecule has 1 amide bonds. The second kappa shape index (κ2) is 14.9. The number of hydrogen-bond donors (Lipinski definition) is 11. The lowest BCUT2D eigenvalue weighted by molar-refractivity contribution is -0.332. The van der Waals surface area contributed by atoms with E-state index in [1.165, 1.54) is 0 Å². The van der Waals surface area contributed by atoms with Crippen molar-refractivity contribution in [3.8, 4) is 0 Å². The molecule has 15 atom stereocenters. The van der Waals surface area contributed by atoms with E-state index in [1.54, 1.807) is 0 Å². The summed E-state index contributed by atoms with van der Waals surface area (Å²) in [7, 11) is 0. The van der Waals surface area contributed by atoms with Crippen molar-refractivity contribution in [2.45, 2.75) is 131 Å². The van der Waals surface area contributed by atoms with Crippen LogP contribution in [0.1, 0.15) is 39.0 Å². The third-order valence-electron chi connectivity index (χ3n) is 7.76. The van der Waals surface area contributed by atoms with Crippen LogP contribution in [0.4, 0.5) is 0 Å². The second-order valence-electron chi connectivity index (χ2n) is 10.8. The highest BCUT2D eigenvalue weighted by Gasteiger charge is 2.51. The van der Waals surface area contributed by atoms with E-state index in [1.807, 2.05) is 6.92 Å². The molecule has 14 N–H and O–H groups in total. The number of unbranched alkanes of at least 4 members (excludes halogenated alkanes) is 2. The minimum Gasteiger partial charge on any atom is -0.394 e. The summed E-state index contributed by atoms with van der Waals surface area (Å²) >= 11 is 0. The number of carbonyl (C=O) groups excluding carboxylic acids is 1. The van der Waals surface area contributed by atoms with Gasteiger partial charge in [0.25, 0.3) is 0 Å². The molecule has 3 aliphatic rings. The lowest BCUT2D eigenvalue weighted by atomic mass is 9.84. The van der Waals surface area contributed by atoms with Gasteiger partial charge >= 0.3 is 0 Å². The van der Waals surface area contributed by atoms with Gasteiger partial charge in [0, 0.05) is 25.0 Å². The zero-order valence-electron chi connectivity index (χ0n) is 22.5. The van der Waals surface area contributed by atoms with Gasteiger partial charge in [-0.25, -0.2) is 0 Å². The van der Waals surface area contributed by atoms with Gasteiger partial charge in [-0.05, 0) is 12.8 Å². The fraction of sp³-hybridized carbons (Fsp3) is 0.958. The summed E-state index contributed by atoms with van der Waals surface area (Å²) in [5.41, 5.74) is 18.2. The molecule has 2 saturated heterocycles. The van der Waals surface area contributed by atoms with Crippen LogP contribution in [0.5, 0.6) is 0 Å². The smallest absolute Gasteiger partial charge is 0.220 e. The molecule has 0 spiro atoms. The summed E-state index contributed by atoms with van der Waals surface area (Å²) < 4.78 is 22.7. The lowest BCUT2D eigenvalue weighted by Crippen LogP contribution is -2.68. The van der Waals surface area contributed by atoms with Crippen LogP contribution in [0.2, 0.25) is 0 Å². The molecule has 234 valence electrons. The zero-order chi connectivity index (χ0) is 29.7. The van der Waals surface area contributed by atoms with Crippen LogP contribution in [0, 0.1) is 0 Å². The van der Waals surface area contributed by atoms with E-state index in [2.05, 4.69) is 5.32 Å². The third-order valence-corrected chi connectivity index (χ3v) is 7.76. The minimum absolute atomic E-state index is 0.0541. The van der Waals surface area contributed by atoms with Gasteiger partial charge in [0.05, 0.1) is 12.6 Å². The minimum atomic E-state index is -1.73. The molecular formula is C24H46N4O12. The van der Waals surface area contributed by atoms with E-state index >= 15 is 0 Å². The molecule has 0 bridgehead atoms. The van der Waals surface area contributed by atoms with Gasteiger partial charge in [-0.3, -0.25) is 4.79 Å². The van der Waals surface area contributed by atoms with Crippen LogP contribution in [-0.2, 0) is 23.7 Å². The number of aliphatic hydroxyl groups excluding tert-OH is 7. The van der Waals surface area contributed by atoms with Crippen LogP contribution >= 0.6 is 0 Å². The predicted molar refractivity (Wildman–Crippen MR) is 136 cm³/mol. The maximum Gasteiger partial charge on any atom is 0.220 e. The molecule has 2 heterocycles. The van der Waals surface area contributed by atoms with Gasteiger partial charge in [-0.1, -0.05) is 19.8 Å². The normalized spacial score (nSPS) is 46.2. The Morgan fingerprint density at radius 3 is 1.95 bits per heavy atom. The molecule has 16 nitrogen and oxygen atoms in total. The first-order valence-electron chi connectivity index (χ1n) is 13.8. The summed E-state index contributed by atoms with van der Waals surface area (Å²) in [6, 6.07) is -2.96. The fourth-order valence-corrected chi connectivity index (χ4v) is 5.21. The van der Waals surface area contributed by atoms with Gasteiger partial charge in [-0.2, -0.15) is 0 Å². The maximum absolute atomic E-state index is 12.1.